The fourth-order valence-electron chi connectivity index (χ4n) is 3.77. The number of aliphatic hydroxyl groups is 1. The maximum absolute atomic E-state index is 13.1. The monoisotopic (exact) mass is 448 g/mol. The summed E-state index contributed by atoms with van der Waals surface area (Å²) in [6.45, 7) is 6.61. The summed E-state index contributed by atoms with van der Waals surface area (Å²) in [5.74, 6) is -0.648. The fourth-order valence-corrected chi connectivity index (χ4v) is 4.44. The topological polar surface area (TPSA) is 79.7 Å². The summed E-state index contributed by atoms with van der Waals surface area (Å²) < 4.78 is 5.46. The molecular weight excluding hydrogens is 424 g/mol. The van der Waals surface area contributed by atoms with Crippen LogP contribution >= 0.6 is 11.3 Å². The van der Waals surface area contributed by atoms with Crippen molar-refractivity contribution in [2.45, 2.75) is 32.7 Å². The Morgan fingerprint density at radius 2 is 1.81 bits per heavy atom. The zero-order chi connectivity index (χ0) is 22.8. The number of benzene rings is 2. The van der Waals surface area contributed by atoms with E-state index in [1.165, 1.54) is 16.2 Å². The van der Waals surface area contributed by atoms with E-state index in [0.29, 0.717) is 29.0 Å². The maximum atomic E-state index is 13.1. The quantitative estimate of drug-likeness (QED) is 0.315. The van der Waals surface area contributed by atoms with E-state index in [4.69, 9.17) is 4.74 Å². The summed E-state index contributed by atoms with van der Waals surface area (Å²) in [5.41, 5.74) is 2.36. The molecule has 2 heterocycles. The first kappa shape index (κ1) is 21.8. The number of nitrogens with zero attached hydrogens (tertiary/aromatic N) is 2. The number of hydrogen-bond acceptors (Lipinski definition) is 6. The van der Waals surface area contributed by atoms with E-state index in [0.717, 1.165) is 11.1 Å². The highest BCUT2D eigenvalue weighted by molar-refractivity contribution is 7.14. The van der Waals surface area contributed by atoms with Gasteiger partial charge >= 0.3 is 5.91 Å². The second kappa shape index (κ2) is 8.96. The van der Waals surface area contributed by atoms with Gasteiger partial charge in [0, 0.05) is 17.1 Å². The number of rotatable bonds is 6. The summed E-state index contributed by atoms with van der Waals surface area (Å²) >= 11 is 1.27. The smallest absolute Gasteiger partial charge is 0.301 e. The molecule has 1 aliphatic heterocycles. The maximum Gasteiger partial charge on any atom is 0.301 e. The van der Waals surface area contributed by atoms with Gasteiger partial charge in [-0.3, -0.25) is 14.5 Å². The Kier molecular flexibility index (Phi) is 6.10. The molecule has 0 spiro atoms. The molecule has 1 amide bonds. The highest BCUT2D eigenvalue weighted by atomic mass is 32.1. The number of hydrogen-bond donors (Lipinski definition) is 1. The summed E-state index contributed by atoms with van der Waals surface area (Å²) in [7, 11) is 0. The van der Waals surface area contributed by atoms with E-state index in [9.17, 15) is 14.7 Å². The number of aromatic nitrogens is 1. The Morgan fingerprint density at radius 3 is 2.38 bits per heavy atom. The molecule has 7 heteroatoms. The minimum Gasteiger partial charge on any atom is -0.507 e. The normalized spacial score (nSPS) is 17.9. The summed E-state index contributed by atoms with van der Waals surface area (Å²) in [5, 5.41) is 13.3. The first-order valence-electron chi connectivity index (χ1n) is 10.5. The molecule has 1 atom stereocenters. The minimum atomic E-state index is -0.770. The third-order valence-electron chi connectivity index (χ3n) is 5.43. The second-order valence-electron chi connectivity index (χ2n) is 7.76. The van der Waals surface area contributed by atoms with Gasteiger partial charge in [-0.25, -0.2) is 4.98 Å². The molecule has 1 aliphatic rings. The van der Waals surface area contributed by atoms with Crippen molar-refractivity contribution in [3.05, 3.63) is 82.4 Å². The van der Waals surface area contributed by atoms with Crippen LogP contribution in [0.2, 0.25) is 0 Å². The number of carbonyl (C=O) groups excluding carboxylic acids is 2. The highest BCUT2D eigenvalue weighted by Gasteiger charge is 2.47. The first-order valence-corrected chi connectivity index (χ1v) is 11.3. The van der Waals surface area contributed by atoms with Gasteiger partial charge in [-0.2, -0.15) is 0 Å². The predicted molar refractivity (Wildman–Crippen MR) is 125 cm³/mol. The number of ketones is 1. The van der Waals surface area contributed by atoms with Crippen LogP contribution in [0, 0.1) is 0 Å². The van der Waals surface area contributed by atoms with E-state index >= 15 is 0 Å². The Morgan fingerprint density at radius 1 is 1.12 bits per heavy atom. The van der Waals surface area contributed by atoms with Crippen molar-refractivity contribution in [2.75, 3.05) is 11.5 Å². The zero-order valence-corrected chi connectivity index (χ0v) is 18.9. The van der Waals surface area contributed by atoms with Gasteiger partial charge in [-0.15, -0.1) is 11.3 Å². The van der Waals surface area contributed by atoms with Crippen molar-refractivity contribution >= 4 is 33.9 Å². The number of thiazole rings is 1. The third kappa shape index (κ3) is 3.91. The molecule has 1 aromatic heterocycles. The number of ether oxygens (including phenoxy) is 1. The summed E-state index contributed by atoms with van der Waals surface area (Å²) in [4.78, 5) is 31.7. The fraction of sp³-hybridized carbons (Fsp3) is 0.240. The Labute approximate surface area is 190 Å². The molecule has 1 fully saturated rings. The van der Waals surface area contributed by atoms with Crippen LogP contribution in [0.1, 0.15) is 49.4 Å². The van der Waals surface area contributed by atoms with Crippen molar-refractivity contribution in [1.29, 1.82) is 0 Å². The summed E-state index contributed by atoms with van der Waals surface area (Å²) in [6, 6.07) is 13.8. The van der Waals surface area contributed by atoms with Crippen molar-refractivity contribution in [1.82, 2.24) is 4.98 Å². The lowest BCUT2D eigenvalue weighted by atomic mass is 9.93. The van der Waals surface area contributed by atoms with Gasteiger partial charge in [0.15, 0.2) is 5.13 Å². The lowest BCUT2D eigenvalue weighted by molar-refractivity contribution is -0.132. The van der Waals surface area contributed by atoms with Crippen molar-refractivity contribution < 1.29 is 19.4 Å². The second-order valence-corrected chi connectivity index (χ2v) is 8.64. The molecule has 0 radical (unpaired) electrons. The van der Waals surface area contributed by atoms with E-state index < -0.39 is 17.7 Å². The van der Waals surface area contributed by atoms with E-state index in [-0.39, 0.29) is 11.3 Å². The lowest BCUT2D eigenvalue weighted by Crippen LogP contribution is -2.29. The molecule has 0 unspecified atom stereocenters. The van der Waals surface area contributed by atoms with Crippen LogP contribution in [0.3, 0.4) is 0 Å². The van der Waals surface area contributed by atoms with Gasteiger partial charge in [0.2, 0.25) is 0 Å². The lowest BCUT2D eigenvalue weighted by Gasteiger charge is -2.23. The zero-order valence-electron chi connectivity index (χ0n) is 18.1. The molecule has 164 valence electrons. The van der Waals surface area contributed by atoms with Crippen LogP contribution in [0.4, 0.5) is 5.13 Å². The van der Waals surface area contributed by atoms with Crippen LogP contribution in [0.25, 0.3) is 5.76 Å². The molecule has 0 bridgehead atoms. The van der Waals surface area contributed by atoms with Crippen molar-refractivity contribution in [2.24, 2.45) is 0 Å². The van der Waals surface area contributed by atoms with Crippen LogP contribution in [-0.4, -0.2) is 28.4 Å². The average molecular weight is 449 g/mol. The first-order chi connectivity index (χ1) is 15.4. The molecule has 0 aliphatic carbocycles. The third-order valence-corrected chi connectivity index (χ3v) is 6.20. The minimum absolute atomic E-state index is 0.0478. The molecular formula is C25H24N2O4S. The van der Waals surface area contributed by atoms with E-state index in [1.54, 1.807) is 35.8 Å². The predicted octanol–water partition coefficient (Wildman–Crippen LogP) is 5.29. The molecule has 3 aromatic rings. The molecule has 0 saturated carbocycles. The Balaban J connectivity index is 1.85. The standard InChI is InChI=1S/C25H24N2O4S/c1-4-31-19-11-9-18(10-12-19)22(28)20-21(17-7-5-16(6-8-17)15(2)3)27(24(30)23(20)29)25-26-13-14-32-25/h5-15,21,28H,4H2,1-3H3/b22-20+/t21-/m0/s1. The number of aliphatic hydroxyl groups excluding tert-OH is 1. The molecule has 1 N–H and O–H groups in total. The van der Waals surface area contributed by atoms with Crippen LogP contribution < -0.4 is 9.64 Å². The van der Waals surface area contributed by atoms with Crippen LogP contribution in [-0.2, 0) is 9.59 Å². The molecule has 2 aromatic carbocycles. The van der Waals surface area contributed by atoms with Crippen LogP contribution in [0.5, 0.6) is 5.75 Å². The molecule has 1 saturated heterocycles. The molecule has 4 rings (SSSR count). The molecule has 6 nitrogen and oxygen atoms in total. The largest absolute Gasteiger partial charge is 0.507 e. The number of carbonyl (C=O) groups is 2. The number of amides is 1. The van der Waals surface area contributed by atoms with Crippen molar-refractivity contribution in [3.63, 3.8) is 0 Å². The van der Waals surface area contributed by atoms with E-state index in [1.807, 2.05) is 31.2 Å². The van der Waals surface area contributed by atoms with Gasteiger partial charge in [0.1, 0.15) is 11.5 Å². The number of anilines is 1. The van der Waals surface area contributed by atoms with Gasteiger partial charge in [-0.05, 0) is 48.2 Å². The SMILES string of the molecule is CCOc1ccc(/C(O)=C2\C(=O)C(=O)N(c3nccs3)[C@H]2c2ccc(C(C)C)cc2)cc1. The van der Waals surface area contributed by atoms with Crippen LogP contribution in [0.15, 0.2) is 65.7 Å². The van der Waals surface area contributed by atoms with Gasteiger partial charge < -0.3 is 9.84 Å². The van der Waals surface area contributed by atoms with Gasteiger partial charge in [-0.1, -0.05) is 38.1 Å². The molecule has 32 heavy (non-hydrogen) atoms. The Bertz CT molecular complexity index is 1150. The van der Waals surface area contributed by atoms with E-state index in [2.05, 4.69) is 18.8 Å². The van der Waals surface area contributed by atoms with Gasteiger partial charge in [0.05, 0.1) is 18.2 Å². The highest BCUT2D eigenvalue weighted by Crippen LogP contribution is 2.43. The van der Waals surface area contributed by atoms with Gasteiger partial charge in [0.25, 0.3) is 5.78 Å². The average Bonchev–Trinajstić information content (AvgIpc) is 3.41. The number of Topliss-reactive ketones (excluding diaryl/α,β-unsaturated/α-hetero) is 1. The Hall–Kier alpha value is -3.45. The summed E-state index contributed by atoms with van der Waals surface area (Å²) in [6.07, 6.45) is 1.59. The van der Waals surface area contributed by atoms with Crippen molar-refractivity contribution in [3.8, 4) is 5.75 Å².